The number of benzene rings is 1. The SMILES string of the molecule is Cc1cc(B2OC(C)(C)C(C)(C)O2)cc([C@]2(O)CCN(C)C2=O)c1. The van der Waals surface area contributed by atoms with Crippen LogP contribution in [0.1, 0.15) is 45.2 Å². The Hall–Kier alpha value is -1.37. The van der Waals surface area contributed by atoms with Crippen LogP contribution in [0.3, 0.4) is 0 Å². The molecule has 1 amide bonds. The van der Waals surface area contributed by atoms with Crippen molar-refractivity contribution in [2.75, 3.05) is 13.6 Å². The molecule has 5 nitrogen and oxygen atoms in total. The molecule has 0 aromatic heterocycles. The summed E-state index contributed by atoms with van der Waals surface area (Å²) in [4.78, 5) is 14.0. The van der Waals surface area contributed by atoms with Crippen LogP contribution in [0.4, 0.5) is 0 Å². The molecule has 0 saturated carbocycles. The van der Waals surface area contributed by atoms with Gasteiger partial charge in [-0.3, -0.25) is 4.79 Å². The lowest BCUT2D eigenvalue weighted by Gasteiger charge is -2.32. The lowest BCUT2D eigenvalue weighted by molar-refractivity contribution is -0.143. The summed E-state index contributed by atoms with van der Waals surface area (Å²) in [7, 11) is 1.21. The number of carbonyl (C=O) groups excluding carboxylic acids is 1. The highest BCUT2D eigenvalue weighted by Gasteiger charge is 2.52. The largest absolute Gasteiger partial charge is 0.494 e. The normalized spacial score (nSPS) is 28.7. The third kappa shape index (κ3) is 2.57. The number of aryl methyl sites for hydroxylation is 1. The zero-order valence-electron chi connectivity index (χ0n) is 15.3. The number of hydrogen-bond donors (Lipinski definition) is 1. The summed E-state index contributed by atoms with van der Waals surface area (Å²) in [5.74, 6) is -0.257. The number of likely N-dealkylation sites (N-methyl/N-ethyl adjacent to an activating group) is 1. The first-order chi connectivity index (χ1) is 11.0. The third-order valence-electron chi connectivity index (χ3n) is 5.61. The molecule has 2 heterocycles. The topological polar surface area (TPSA) is 59.0 Å². The molecule has 24 heavy (non-hydrogen) atoms. The van der Waals surface area contributed by atoms with E-state index in [1.807, 2.05) is 52.8 Å². The minimum absolute atomic E-state index is 0.257. The molecule has 0 radical (unpaired) electrons. The fourth-order valence-corrected chi connectivity index (χ4v) is 3.29. The summed E-state index contributed by atoms with van der Waals surface area (Å²) in [5, 5.41) is 10.9. The molecule has 130 valence electrons. The molecule has 2 aliphatic rings. The average molecular weight is 331 g/mol. The number of nitrogens with zero attached hydrogens (tertiary/aromatic N) is 1. The summed E-state index contributed by atoms with van der Waals surface area (Å²) in [6.45, 7) is 10.5. The van der Waals surface area contributed by atoms with Crippen molar-refractivity contribution in [3.05, 3.63) is 29.3 Å². The second-order valence-corrected chi connectivity index (χ2v) is 8.06. The van der Waals surface area contributed by atoms with Gasteiger partial charge in [0.15, 0.2) is 5.60 Å². The number of amides is 1. The maximum absolute atomic E-state index is 12.4. The number of carbonyl (C=O) groups is 1. The third-order valence-corrected chi connectivity index (χ3v) is 5.61. The molecule has 0 aliphatic carbocycles. The Morgan fingerprint density at radius 3 is 2.21 bits per heavy atom. The summed E-state index contributed by atoms with van der Waals surface area (Å²) < 4.78 is 12.2. The van der Waals surface area contributed by atoms with Gasteiger partial charge in [-0.2, -0.15) is 0 Å². The lowest BCUT2D eigenvalue weighted by atomic mass is 9.75. The minimum Gasteiger partial charge on any atom is -0.399 e. The van der Waals surface area contributed by atoms with Gasteiger partial charge in [-0.1, -0.05) is 23.8 Å². The van der Waals surface area contributed by atoms with Crippen molar-refractivity contribution in [2.45, 2.75) is 57.8 Å². The molecule has 1 N–H and O–H groups in total. The zero-order chi connectivity index (χ0) is 17.9. The molecule has 0 unspecified atom stereocenters. The minimum atomic E-state index is -1.46. The van der Waals surface area contributed by atoms with Crippen LogP contribution in [-0.2, 0) is 19.7 Å². The van der Waals surface area contributed by atoms with Crippen LogP contribution >= 0.6 is 0 Å². The van der Waals surface area contributed by atoms with E-state index in [0.29, 0.717) is 18.5 Å². The van der Waals surface area contributed by atoms with Crippen molar-refractivity contribution in [3.63, 3.8) is 0 Å². The van der Waals surface area contributed by atoms with E-state index in [0.717, 1.165) is 11.0 Å². The molecule has 0 bridgehead atoms. The summed E-state index contributed by atoms with van der Waals surface area (Å²) in [6.07, 6.45) is 0.397. The van der Waals surface area contributed by atoms with E-state index in [4.69, 9.17) is 9.31 Å². The number of aliphatic hydroxyl groups is 1. The number of hydrogen-bond acceptors (Lipinski definition) is 4. The summed E-state index contributed by atoms with van der Waals surface area (Å²) >= 11 is 0. The number of likely N-dealkylation sites (tertiary alicyclic amines) is 1. The Kier molecular flexibility index (Phi) is 3.87. The monoisotopic (exact) mass is 331 g/mol. The molecule has 3 rings (SSSR count). The Morgan fingerprint density at radius 1 is 1.12 bits per heavy atom. The van der Waals surface area contributed by atoms with Gasteiger partial charge in [0.2, 0.25) is 0 Å². The van der Waals surface area contributed by atoms with Crippen LogP contribution in [0, 0.1) is 6.92 Å². The highest BCUT2D eigenvalue weighted by Crippen LogP contribution is 2.37. The molecule has 6 heteroatoms. The van der Waals surface area contributed by atoms with Crippen molar-refractivity contribution >= 4 is 18.5 Å². The first-order valence-electron chi connectivity index (χ1n) is 8.42. The predicted octanol–water partition coefficient (Wildman–Crippen LogP) is 1.34. The molecule has 0 spiro atoms. The second kappa shape index (κ2) is 5.31. The predicted molar refractivity (Wildman–Crippen MR) is 93.0 cm³/mol. The van der Waals surface area contributed by atoms with Gasteiger partial charge < -0.3 is 19.3 Å². The van der Waals surface area contributed by atoms with Crippen LogP contribution < -0.4 is 5.46 Å². The van der Waals surface area contributed by atoms with Crippen molar-refractivity contribution < 1.29 is 19.2 Å². The van der Waals surface area contributed by atoms with Crippen LogP contribution in [0.5, 0.6) is 0 Å². The zero-order valence-corrected chi connectivity index (χ0v) is 15.3. The Bertz CT molecular complexity index is 672. The first kappa shape index (κ1) is 17.5. The molecule has 1 aromatic rings. The van der Waals surface area contributed by atoms with Crippen LogP contribution in [-0.4, -0.2) is 47.8 Å². The van der Waals surface area contributed by atoms with Gasteiger partial charge in [0, 0.05) is 20.0 Å². The van der Waals surface area contributed by atoms with Gasteiger partial charge in [-0.25, -0.2) is 0 Å². The van der Waals surface area contributed by atoms with E-state index in [1.165, 1.54) is 0 Å². The molecule has 2 saturated heterocycles. The van der Waals surface area contributed by atoms with Crippen molar-refractivity contribution in [1.82, 2.24) is 4.90 Å². The van der Waals surface area contributed by atoms with Gasteiger partial charge in [-0.15, -0.1) is 0 Å². The van der Waals surface area contributed by atoms with Gasteiger partial charge in [0.1, 0.15) is 0 Å². The van der Waals surface area contributed by atoms with Gasteiger partial charge >= 0.3 is 7.12 Å². The summed E-state index contributed by atoms with van der Waals surface area (Å²) in [6, 6.07) is 5.69. The van der Waals surface area contributed by atoms with Gasteiger partial charge in [0.25, 0.3) is 5.91 Å². The standard InChI is InChI=1S/C18H26BNO4/c1-12-9-13(18(22)7-8-20(6)15(18)21)11-14(10-12)19-23-16(2,3)17(4,5)24-19/h9-11,22H,7-8H2,1-6H3/t18-/m1/s1. The van der Waals surface area contributed by atoms with E-state index in [1.54, 1.807) is 11.9 Å². The van der Waals surface area contributed by atoms with E-state index in [9.17, 15) is 9.90 Å². The van der Waals surface area contributed by atoms with Crippen molar-refractivity contribution in [1.29, 1.82) is 0 Å². The first-order valence-corrected chi connectivity index (χ1v) is 8.42. The molecule has 2 aliphatic heterocycles. The maximum atomic E-state index is 12.4. The van der Waals surface area contributed by atoms with Crippen LogP contribution in [0.15, 0.2) is 18.2 Å². The smallest absolute Gasteiger partial charge is 0.399 e. The highest BCUT2D eigenvalue weighted by atomic mass is 16.7. The molecular formula is C18H26BNO4. The van der Waals surface area contributed by atoms with Crippen LogP contribution in [0.2, 0.25) is 0 Å². The van der Waals surface area contributed by atoms with E-state index < -0.39 is 23.9 Å². The highest BCUT2D eigenvalue weighted by molar-refractivity contribution is 6.62. The Morgan fingerprint density at radius 2 is 1.71 bits per heavy atom. The fourth-order valence-electron chi connectivity index (χ4n) is 3.29. The molecular weight excluding hydrogens is 305 g/mol. The van der Waals surface area contributed by atoms with E-state index in [2.05, 4.69) is 0 Å². The summed E-state index contributed by atoms with van der Waals surface area (Å²) in [5.41, 5.74) is 0.0945. The van der Waals surface area contributed by atoms with E-state index in [-0.39, 0.29) is 5.91 Å². The Balaban J connectivity index is 1.98. The number of rotatable bonds is 2. The average Bonchev–Trinajstić information content (AvgIpc) is 2.86. The quantitative estimate of drug-likeness (QED) is 0.831. The van der Waals surface area contributed by atoms with Crippen LogP contribution in [0.25, 0.3) is 0 Å². The molecule has 2 fully saturated rings. The lowest BCUT2D eigenvalue weighted by Crippen LogP contribution is -2.41. The van der Waals surface area contributed by atoms with Crippen molar-refractivity contribution in [2.24, 2.45) is 0 Å². The second-order valence-electron chi connectivity index (χ2n) is 8.06. The van der Waals surface area contributed by atoms with Gasteiger partial charge in [0.05, 0.1) is 11.2 Å². The van der Waals surface area contributed by atoms with Gasteiger partial charge in [-0.05, 0) is 45.6 Å². The molecule has 1 aromatic carbocycles. The fraction of sp³-hybridized carbons (Fsp3) is 0.611. The molecule has 1 atom stereocenters. The van der Waals surface area contributed by atoms with E-state index >= 15 is 0 Å². The maximum Gasteiger partial charge on any atom is 0.494 e. The van der Waals surface area contributed by atoms with Crippen molar-refractivity contribution in [3.8, 4) is 0 Å². The Labute approximate surface area is 144 Å².